The first-order valence-corrected chi connectivity index (χ1v) is 10.3. The van der Waals surface area contributed by atoms with Crippen LogP contribution < -0.4 is 4.74 Å². The Balaban J connectivity index is 2.44. The topological polar surface area (TPSA) is 70.1 Å². The van der Waals surface area contributed by atoms with Gasteiger partial charge in [-0.2, -0.15) is 4.31 Å². The van der Waals surface area contributed by atoms with E-state index in [1.54, 1.807) is 6.92 Å². The fourth-order valence-electron chi connectivity index (χ4n) is 2.80. The highest BCUT2D eigenvalue weighted by molar-refractivity contribution is 7.89. The summed E-state index contributed by atoms with van der Waals surface area (Å²) in [6, 6.07) is 9.86. The third kappa shape index (κ3) is 5.45. The highest BCUT2D eigenvalue weighted by Gasteiger charge is 2.27. The van der Waals surface area contributed by atoms with Crippen molar-refractivity contribution in [1.82, 2.24) is 9.21 Å². The Morgan fingerprint density at radius 3 is 2.19 bits per heavy atom. The summed E-state index contributed by atoms with van der Waals surface area (Å²) in [5.74, 6) is 0.636. The van der Waals surface area contributed by atoms with Crippen molar-refractivity contribution in [2.45, 2.75) is 25.7 Å². The van der Waals surface area contributed by atoms with Crippen LogP contribution in [0.2, 0.25) is 0 Å². The lowest BCUT2D eigenvalue weighted by Gasteiger charge is -2.23. The Hall–Kier alpha value is -2.09. The fourth-order valence-corrected chi connectivity index (χ4v) is 4.37. The van der Waals surface area contributed by atoms with E-state index in [9.17, 15) is 13.5 Å². The van der Waals surface area contributed by atoms with Gasteiger partial charge in [-0.3, -0.25) is 0 Å². The molecule has 0 atom stereocenters. The number of sulfonamides is 1. The van der Waals surface area contributed by atoms with Crippen LogP contribution in [0.1, 0.15) is 18.1 Å². The zero-order chi connectivity index (χ0) is 20.2. The van der Waals surface area contributed by atoms with E-state index in [0.29, 0.717) is 25.4 Å². The molecule has 0 amide bonds. The van der Waals surface area contributed by atoms with Gasteiger partial charge in [0.05, 0.1) is 0 Å². The summed E-state index contributed by atoms with van der Waals surface area (Å²) in [4.78, 5) is 1.88. The Morgan fingerprint density at radius 1 is 1.00 bits per heavy atom. The molecule has 1 N–H and O–H groups in total. The largest absolute Gasteiger partial charge is 0.508 e. The average molecular weight is 393 g/mol. The van der Waals surface area contributed by atoms with Gasteiger partial charge in [0.1, 0.15) is 22.1 Å². The molecule has 0 bridgehead atoms. The van der Waals surface area contributed by atoms with Gasteiger partial charge in [0.25, 0.3) is 0 Å². The van der Waals surface area contributed by atoms with Crippen LogP contribution in [0.3, 0.4) is 0 Å². The maximum absolute atomic E-state index is 13.2. The molecular formula is C20H28N2O4S. The predicted molar refractivity (Wildman–Crippen MR) is 107 cm³/mol. The van der Waals surface area contributed by atoms with Crippen LogP contribution in [-0.4, -0.2) is 56.5 Å². The number of benzene rings is 2. The molecule has 0 spiro atoms. The van der Waals surface area contributed by atoms with E-state index >= 15 is 0 Å². The molecule has 0 saturated heterocycles. The lowest BCUT2D eigenvalue weighted by Crippen LogP contribution is -2.36. The van der Waals surface area contributed by atoms with E-state index in [0.717, 1.165) is 11.1 Å². The monoisotopic (exact) mass is 392 g/mol. The van der Waals surface area contributed by atoms with Crippen molar-refractivity contribution in [3.05, 3.63) is 47.5 Å². The van der Waals surface area contributed by atoms with E-state index in [1.165, 1.54) is 22.5 Å². The Bertz CT molecular complexity index is 875. The van der Waals surface area contributed by atoms with Gasteiger partial charge < -0.3 is 14.7 Å². The molecule has 2 rings (SSSR count). The lowest BCUT2D eigenvalue weighted by atomic mass is 10.1. The van der Waals surface area contributed by atoms with Crippen LogP contribution in [-0.2, 0) is 10.0 Å². The highest BCUT2D eigenvalue weighted by Crippen LogP contribution is 2.34. The molecule has 6 nitrogen and oxygen atoms in total. The highest BCUT2D eigenvalue weighted by atomic mass is 32.2. The van der Waals surface area contributed by atoms with Gasteiger partial charge in [-0.15, -0.1) is 0 Å². The minimum atomic E-state index is -3.82. The molecule has 0 saturated carbocycles. The zero-order valence-electron chi connectivity index (χ0n) is 16.6. The van der Waals surface area contributed by atoms with Crippen LogP contribution in [0.15, 0.2) is 41.3 Å². The number of hydrogen-bond acceptors (Lipinski definition) is 5. The molecule has 2 aromatic carbocycles. The predicted octanol–water partition coefficient (Wildman–Crippen LogP) is 3.37. The minimum absolute atomic E-state index is 0.0396. The van der Waals surface area contributed by atoms with E-state index in [2.05, 4.69) is 0 Å². The van der Waals surface area contributed by atoms with Crippen molar-refractivity contribution in [3.63, 3.8) is 0 Å². The molecular weight excluding hydrogens is 364 g/mol. The van der Waals surface area contributed by atoms with Crippen molar-refractivity contribution in [3.8, 4) is 17.2 Å². The lowest BCUT2D eigenvalue weighted by molar-refractivity contribution is 0.339. The molecule has 0 radical (unpaired) electrons. The first kappa shape index (κ1) is 21.2. The second-order valence-electron chi connectivity index (χ2n) is 6.86. The standard InChI is InChI=1S/C20H28N2O4S/c1-6-22(10-9-21(4)5)27(24,25)20-14-17(23)7-8-19(20)26-18-12-15(2)11-16(3)13-18/h7-8,11-14,23H,6,9-10H2,1-5H3. The second-order valence-corrected chi connectivity index (χ2v) is 8.76. The number of aryl methyl sites for hydroxylation is 2. The summed E-state index contributed by atoms with van der Waals surface area (Å²) in [5.41, 5.74) is 2.05. The number of nitrogens with zero attached hydrogens (tertiary/aromatic N) is 2. The quantitative estimate of drug-likeness (QED) is 0.746. The van der Waals surface area contributed by atoms with Gasteiger partial charge in [-0.05, 0) is 63.3 Å². The SMILES string of the molecule is CCN(CCN(C)C)S(=O)(=O)c1cc(O)ccc1Oc1cc(C)cc(C)c1. The number of ether oxygens (including phenoxy) is 1. The normalized spacial score (nSPS) is 12.0. The molecule has 0 aliphatic heterocycles. The van der Waals surface area contributed by atoms with E-state index in [1.807, 2.05) is 51.0 Å². The van der Waals surface area contributed by atoms with Crippen molar-refractivity contribution in [2.75, 3.05) is 33.7 Å². The Morgan fingerprint density at radius 2 is 1.63 bits per heavy atom. The van der Waals surface area contributed by atoms with E-state index < -0.39 is 10.0 Å². The molecule has 7 heteroatoms. The van der Waals surface area contributed by atoms with E-state index in [-0.39, 0.29) is 16.4 Å². The van der Waals surface area contributed by atoms with Crippen LogP contribution in [0.4, 0.5) is 0 Å². The van der Waals surface area contributed by atoms with Gasteiger partial charge >= 0.3 is 0 Å². The first-order chi connectivity index (χ1) is 12.6. The van der Waals surface area contributed by atoms with Gasteiger partial charge in [0.15, 0.2) is 0 Å². The fraction of sp³-hybridized carbons (Fsp3) is 0.400. The van der Waals surface area contributed by atoms with Crippen molar-refractivity contribution in [1.29, 1.82) is 0 Å². The number of rotatable bonds is 8. The summed E-state index contributed by atoms with van der Waals surface area (Å²) in [6.07, 6.45) is 0. The summed E-state index contributed by atoms with van der Waals surface area (Å²) >= 11 is 0. The maximum Gasteiger partial charge on any atom is 0.246 e. The minimum Gasteiger partial charge on any atom is -0.508 e. The maximum atomic E-state index is 13.2. The van der Waals surface area contributed by atoms with Crippen molar-refractivity contribution in [2.24, 2.45) is 0 Å². The molecule has 0 aromatic heterocycles. The third-order valence-electron chi connectivity index (χ3n) is 4.12. The third-order valence-corrected chi connectivity index (χ3v) is 6.11. The summed E-state index contributed by atoms with van der Waals surface area (Å²) in [7, 11) is -0.0341. The zero-order valence-corrected chi connectivity index (χ0v) is 17.4. The number of likely N-dealkylation sites (N-methyl/N-ethyl adjacent to an activating group) is 2. The van der Waals surface area contributed by atoms with E-state index in [4.69, 9.17) is 4.74 Å². The summed E-state index contributed by atoms with van der Waals surface area (Å²) in [5, 5.41) is 9.88. The smallest absolute Gasteiger partial charge is 0.246 e. The summed E-state index contributed by atoms with van der Waals surface area (Å²) in [6.45, 7) is 6.97. The molecule has 0 aliphatic carbocycles. The second kappa shape index (κ2) is 8.73. The molecule has 0 fully saturated rings. The molecule has 27 heavy (non-hydrogen) atoms. The molecule has 148 valence electrons. The van der Waals surface area contributed by atoms with Gasteiger partial charge in [-0.1, -0.05) is 13.0 Å². The number of phenolic OH excluding ortho intramolecular Hbond substituents is 1. The average Bonchev–Trinajstić information content (AvgIpc) is 2.55. The van der Waals surface area contributed by atoms with Crippen LogP contribution in [0.25, 0.3) is 0 Å². The molecule has 0 unspecified atom stereocenters. The van der Waals surface area contributed by atoms with Crippen LogP contribution in [0.5, 0.6) is 17.2 Å². The number of phenols is 1. The van der Waals surface area contributed by atoms with Gasteiger partial charge in [0, 0.05) is 25.7 Å². The molecule has 0 heterocycles. The van der Waals surface area contributed by atoms with Gasteiger partial charge in [-0.25, -0.2) is 8.42 Å². The summed E-state index contributed by atoms with van der Waals surface area (Å²) < 4.78 is 33.7. The molecule has 2 aromatic rings. The molecule has 0 aliphatic rings. The first-order valence-electron chi connectivity index (χ1n) is 8.87. The van der Waals surface area contributed by atoms with Crippen LogP contribution in [0, 0.1) is 13.8 Å². The van der Waals surface area contributed by atoms with Crippen molar-refractivity contribution < 1.29 is 18.3 Å². The van der Waals surface area contributed by atoms with Gasteiger partial charge in [0.2, 0.25) is 10.0 Å². The number of aromatic hydroxyl groups is 1. The Labute approximate surface area is 162 Å². The van der Waals surface area contributed by atoms with Crippen molar-refractivity contribution >= 4 is 10.0 Å². The Kier molecular flexibility index (Phi) is 6.86. The van der Waals surface area contributed by atoms with Crippen LogP contribution >= 0.6 is 0 Å². The number of hydrogen-bond donors (Lipinski definition) is 1.